The van der Waals surface area contributed by atoms with Crippen LogP contribution in [0.2, 0.25) is 0 Å². The van der Waals surface area contributed by atoms with Crippen LogP contribution in [0.1, 0.15) is 10.4 Å². The quantitative estimate of drug-likeness (QED) is 0.612. The molecule has 0 bridgehead atoms. The molecule has 0 radical (unpaired) electrons. The van der Waals surface area contributed by atoms with Crippen molar-refractivity contribution in [2.75, 3.05) is 11.5 Å². The molecule has 0 saturated heterocycles. The number of aryl methyl sites for hydroxylation is 2. The lowest BCUT2D eigenvalue weighted by Crippen LogP contribution is -2.16. The van der Waals surface area contributed by atoms with Gasteiger partial charge in [-0.25, -0.2) is 26.8 Å². The lowest BCUT2D eigenvalue weighted by atomic mass is 10.2. The minimum absolute atomic E-state index is 0.135. The van der Waals surface area contributed by atoms with Crippen LogP contribution in [0.25, 0.3) is 10.2 Å². The van der Waals surface area contributed by atoms with Crippen molar-refractivity contribution < 1.29 is 16.8 Å². The molecule has 10 heteroatoms. The number of nitrogens with zero attached hydrogens (tertiary/aromatic N) is 2. The second-order valence-electron chi connectivity index (χ2n) is 4.20. The smallest absolute Gasteiger partial charge is 0.225 e. The molecular formula is C10H11ClN2O4S3. The van der Waals surface area contributed by atoms with E-state index in [-0.39, 0.29) is 5.03 Å². The summed E-state index contributed by atoms with van der Waals surface area (Å²) in [6.45, 7) is 3.65. The predicted octanol–water partition coefficient (Wildman–Crippen LogP) is 1.65. The maximum absolute atomic E-state index is 12.2. The van der Waals surface area contributed by atoms with E-state index in [9.17, 15) is 16.8 Å². The minimum Gasteiger partial charge on any atom is -0.225 e. The second-order valence-corrected chi connectivity index (χ2v) is 10.3. The van der Waals surface area contributed by atoms with Crippen molar-refractivity contribution in [1.29, 1.82) is 0 Å². The Hall–Kier alpha value is -0.770. The van der Waals surface area contributed by atoms with E-state index in [1.54, 1.807) is 6.92 Å². The molecule has 0 spiro atoms. The van der Waals surface area contributed by atoms with Crippen molar-refractivity contribution in [3.8, 4) is 0 Å². The highest BCUT2D eigenvalue weighted by atomic mass is 35.7. The van der Waals surface area contributed by atoms with Gasteiger partial charge in [-0.05, 0) is 19.4 Å². The zero-order valence-electron chi connectivity index (χ0n) is 10.6. The van der Waals surface area contributed by atoms with E-state index in [0.29, 0.717) is 10.2 Å². The van der Waals surface area contributed by atoms with E-state index in [4.69, 9.17) is 10.7 Å². The molecule has 0 fully saturated rings. The number of halogens is 1. The Labute approximate surface area is 125 Å². The van der Waals surface area contributed by atoms with Crippen LogP contribution in [0.3, 0.4) is 0 Å². The summed E-state index contributed by atoms with van der Waals surface area (Å²) in [6.07, 6.45) is 1.17. The molecule has 2 aromatic heterocycles. The zero-order chi connectivity index (χ0) is 15.1. The number of sulfone groups is 1. The number of thiophene rings is 1. The Morgan fingerprint density at radius 2 is 1.80 bits per heavy atom. The molecule has 2 heterocycles. The summed E-state index contributed by atoms with van der Waals surface area (Å²) in [7, 11) is -2.65. The summed E-state index contributed by atoms with van der Waals surface area (Å²) in [6, 6.07) is 0. The lowest BCUT2D eigenvalue weighted by molar-refractivity contribution is 0.590. The number of hydrogen-bond acceptors (Lipinski definition) is 7. The lowest BCUT2D eigenvalue weighted by Gasteiger charge is -2.04. The van der Waals surface area contributed by atoms with Gasteiger partial charge in [0.25, 0.3) is 0 Å². The van der Waals surface area contributed by atoms with Gasteiger partial charge < -0.3 is 0 Å². The summed E-state index contributed by atoms with van der Waals surface area (Å²) >= 11 is 1.37. The number of hydrogen-bond donors (Lipinski definition) is 0. The molecule has 0 aliphatic heterocycles. The topological polar surface area (TPSA) is 94.1 Å². The Morgan fingerprint density at radius 3 is 2.40 bits per heavy atom. The van der Waals surface area contributed by atoms with Gasteiger partial charge in [-0.2, -0.15) is 0 Å². The summed E-state index contributed by atoms with van der Waals surface area (Å²) in [5, 5.41) is 0.326. The first-order valence-electron chi connectivity index (χ1n) is 5.47. The summed E-state index contributed by atoms with van der Waals surface area (Å²) in [4.78, 5) is 9.39. The molecule has 2 rings (SSSR count). The summed E-state index contributed by atoms with van der Waals surface area (Å²) in [5.74, 6) is -1.25. The van der Waals surface area contributed by atoms with Crippen molar-refractivity contribution in [1.82, 2.24) is 9.97 Å². The van der Waals surface area contributed by atoms with Gasteiger partial charge in [0.05, 0.1) is 16.9 Å². The van der Waals surface area contributed by atoms with Gasteiger partial charge in [-0.15, -0.1) is 11.3 Å². The van der Waals surface area contributed by atoms with Crippen LogP contribution in [-0.4, -0.2) is 38.3 Å². The highest BCUT2D eigenvalue weighted by molar-refractivity contribution is 8.14. The third-order valence-electron chi connectivity index (χ3n) is 2.82. The van der Waals surface area contributed by atoms with Crippen LogP contribution in [0.15, 0.2) is 11.4 Å². The molecular weight excluding hydrogens is 344 g/mol. The summed E-state index contributed by atoms with van der Waals surface area (Å²) < 4.78 is 46.3. The average Bonchev–Trinajstić information content (AvgIpc) is 2.62. The number of rotatable bonds is 4. The zero-order valence-corrected chi connectivity index (χ0v) is 13.8. The van der Waals surface area contributed by atoms with Gasteiger partial charge in [0, 0.05) is 15.6 Å². The molecule has 20 heavy (non-hydrogen) atoms. The van der Waals surface area contributed by atoms with Gasteiger partial charge in [-0.3, -0.25) is 0 Å². The van der Waals surface area contributed by atoms with Crippen LogP contribution in [0.5, 0.6) is 0 Å². The maximum atomic E-state index is 12.2. The first kappa shape index (κ1) is 15.6. The Kier molecular flexibility index (Phi) is 4.07. The Bertz CT molecular complexity index is 871. The van der Waals surface area contributed by atoms with Gasteiger partial charge in [0.2, 0.25) is 9.05 Å². The van der Waals surface area contributed by atoms with E-state index in [1.807, 2.05) is 6.92 Å². The van der Waals surface area contributed by atoms with Gasteiger partial charge >= 0.3 is 0 Å². The van der Waals surface area contributed by atoms with Crippen molar-refractivity contribution in [2.45, 2.75) is 18.9 Å². The van der Waals surface area contributed by atoms with Crippen molar-refractivity contribution >= 4 is 51.1 Å². The predicted molar refractivity (Wildman–Crippen MR) is 78.6 cm³/mol. The minimum atomic E-state index is -3.87. The monoisotopic (exact) mass is 354 g/mol. The SMILES string of the molecule is Cc1sc2ncnc(S(=O)(=O)CCS(=O)(=O)Cl)c2c1C. The van der Waals surface area contributed by atoms with Crippen molar-refractivity contribution in [3.05, 3.63) is 16.8 Å². The van der Waals surface area contributed by atoms with Crippen molar-refractivity contribution in [2.24, 2.45) is 0 Å². The first-order chi connectivity index (χ1) is 9.12. The number of aromatic nitrogens is 2. The van der Waals surface area contributed by atoms with Crippen LogP contribution in [-0.2, 0) is 18.9 Å². The highest BCUT2D eigenvalue weighted by Crippen LogP contribution is 2.32. The molecule has 6 nitrogen and oxygen atoms in total. The molecule has 0 aliphatic rings. The first-order valence-corrected chi connectivity index (χ1v) is 10.4. The van der Waals surface area contributed by atoms with E-state index in [0.717, 1.165) is 10.4 Å². The molecule has 0 aliphatic carbocycles. The number of fused-ring (bicyclic) bond motifs is 1. The molecule has 0 saturated carbocycles. The Morgan fingerprint density at radius 1 is 1.15 bits per heavy atom. The van der Waals surface area contributed by atoms with Gasteiger partial charge in [-0.1, -0.05) is 0 Å². The maximum Gasteiger partial charge on any atom is 0.233 e. The second kappa shape index (κ2) is 5.21. The van der Waals surface area contributed by atoms with Crippen LogP contribution in [0, 0.1) is 13.8 Å². The fourth-order valence-electron chi connectivity index (χ4n) is 1.69. The fraction of sp³-hybridized carbons (Fsp3) is 0.400. The summed E-state index contributed by atoms with van der Waals surface area (Å²) in [5.41, 5.74) is 0.790. The molecule has 0 N–H and O–H groups in total. The van der Waals surface area contributed by atoms with Crippen LogP contribution in [0.4, 0.5) is 0 Å². The van der Waals surface area contributed by atoms with E-state index in [1.165, 1.54) is 17.7 Å². The van der Waals surface area contributed by atoms with Crippen LogP contribution < -0.4 is 0 Å². The van der Waals surface area contributed by atoms with E-state index in [2.05, 4.69) is 9.97 Å². The molecule has 110 valence electrons. The molecule has 0 amide bonds. The molecule has 0 atom stereocenters. The Balaban J connectivity index is 2.57. The van der Waals surface area contributed by atoms with E-state index < -0.39 is 30.4 Å². The highest BCUT2D eigenvalue weighted by Gasteiger charge is 2.24. The largest absolute Gasteiger partial charge is 0.233 e. The average molecular weight is 355 g/mol. The third kappa shape index (κ3) is 3.11. The van der Waals surface area contributed by atoms with Crippen molar-refractivity contribution in [3.63, 3.8) is 0 Å². The van der Waals surface area contributed by atoms with Gasteiger partial charge in [0.15, 0.2) is 14.9 Å². The standard InChI is InChI=1S/C10H11ClN2O4S3/c1-6-7(2)18-9-8(6)10(13-5-12-9)19(14,15)3-4-20(11,16)17/h5H,3-4H2,1-2H3. The van der Waals surface area contributed by atoms with Gasteiger partial charge in [0.1, 0.15) is 11.2 Å². The molecule has 0 aromatic carbocycles. The molecule has 2 aromatic rings. The van der Waals surface area contributed by atoms with E-state index >= 15 is 0 Å². The molecule has 0 unspecified atom stereocenters. The van der Waals surface area contributed by atoms with Crippen LogP contribution >= 0.6 is 22.0 Å². The fourth-order valence-corrected chi connectivity index (χ4v) is 5.96. The third-order valence-corrected chi connectivity index (χ3v) is 6.99. The normalized spacial score (nSPS) is 12.9.